The molecule has 0 bridgehead atoms. The van der Waals surface area contributed by atoms with Gasteiger partial charge in [0.15, 0.2) is 0 Å². The molecule has 3 aromatic carbocycles. The zero-order chi connectivity index (χ0) is 27.4. The Morgan fingerprint density at radius 3 is 2.49 bits per heavy atom. The van der Waals surface area contributed by atoms with Gasteiger partial charge in [-0.15, -0.1) is 0 Å². The Balaban J connectivity index is 1.66. The van der Waals surface area contributed by atoms with Crippen molar-refractivity contribution >= 4 is 33.6 Å². The number of primary amides is 1. The number of nitrogens with two attached hydrogens (primary N) is 1. The molecule has 2 atom stereocenters. The molecule has 2 amide bonds. The van der Waals surface area contributed by atoms with Crippen LogP contribution in [0.5, 0.6) is 0 Å². The predicted molar refractivity (Wildman–Crippen MR) is 149 cm³/mol. The number of carbonyl (C=O) groups excluding carboxylic acids is 2. The summed E-state index contributed by atoms with van der Waals surface area (Å²) in [4.78, 5) is 27.7. The van der Waals surface area contributed by atoms with E-state index in [1.54, 1.807) is 17.0 Å². The zero-order valence-corrected chi connectivity index (χ0v) is 22.1. The molecule has 0 radical (unpaired) electrons. The van der Waals surface area contributed by atoms with Gasteiger partial charge in [0, 0.05) is 39.5 Å². The predicted octanol–water partition coefficient (Wildman–Crippen LogP) is 5.96. The van der Waals surface area contributed by atoms with Gasteiger partial charge in [-0.25, -0.2) is 4.39 Å². The summed E-state index contributed by atoms with van der Waals surface area (Å²) < 4.78 is 21.5. The first-order chi connectivity index (χ1) is 18.7. The lowest BCUT2D eigenvalue weighted by Crippen LogP contribution is -2.28. The number of amides is 2. The topological polar surface area (TPSA) is 94.4 Å². The SMILES string of the molecule is Cc1noc(C)c1-c1cc(C(N)=O)c2c3cc(C(=O)N4CC[C@H](F)C4)ccc3n(C(C)c3ccccc3)c2c1. The van der Waals surface area contributed by atoms with Gasteiger partial charge >= 0.3 is 0 Å². The van der Waals surface area contributed by atoms with Crippen molar-refractivity contribution in [2.75, 3.05) is 13.1 Å². The van der Waals surface area contributed by atoms with Crippen molar-refractivity contribution in [1.29, 1.82) is 0 Å². The van der Waals surface area contributed by atoms with E-state index >= 15 is 0 Å². The van der Waals surface area contributed by atoms with Crippen LogP contribution in [0.3, 0.4) is 0 Å². The smallest absolute Gasteiger partial charge is 0.253 e. The minimum absolute atomic E-state index is 0.0943. The Bertz CT molecular complexity index is 1740. The van der Waals surface area contributed by atoms with Crippen molar-refractivity contribution in [2.45, 2.75) is 39.4 Å². The first-order valence-corrected chi connectivity index (χ1v) is 13.1. The lowest BCUT2D eigenvalue weighted by molar-refractivity contribution is 0.0782. The molecule has 2 aromatic heterocycles. The van der Waals surface area contributed by atoms with Gasteiger partial charge in [-0.3, -0.25) is 9.59 Å². The van der Waals surface area contributed by atoms with Gasteiger partial charge < -0.3 is 19.7 Å². The molecule has 1 saturated heterocycles. The summed E-state index contributed by atoms with van der Waals surface area (Å²) in [5.74, 6) is -0.149. The molecule has 7 nitrogen and oxygen atoms in total. The summed E-state index contributed by atoms with van der Waals surface area (Å²) in [6.07, 6.45) is -0.659. The van der Waals surface area contributed by atoms with Gasteiger partial charge in [0.05, 0.1) is 23.8 Å². The van der Waals surface area contributed by atoms with Gasteiger partial charge in [0.2, 0.25) is 5.91 Å². The lowest BCUT2D eigenvalue weighted by Gasteiger charge is -2.18. The van der Waals surface area contributed by atoms with Crippen molar-refractivity contribution in [3.63, 3.8) is 0 Å². The number of aryl methyl sites for hydroxylation is 2. The van der Waals surface area contributed by atoms with Crippen LogP contribution in [0, 0.1) is 13.8 Å². The van der Waals surface area contributed by atoms with E-state index in [9.17, 15) is 14.0 Å². The Morgan fingerprint density at radius 2 is 1.85 bits per heavy atom. The molecular weight excluding hydrogens is 495 g/mol. The molecule has 0 saturated carbocycles. The third-order valence-electron chi connectivity index (χ3n) is 7.82. The summed E-state index contributed by atoms with van der Waals surface area (Å²) in [5, 5.41) is 5.52. The Kier molecular flexibility index (Phi) is 5.98. The summed E-state index contributed by atoms with van der Waals surface area (Å²) in [7, 11) is 0. The quantitative estimate of drug-likeness (QED) is 0.307. The molecule has 1 aliphatic rings. The standard InChI is InChI=1S/C31H29FN4O3/c1-17-28(19(3)39-34-17)22-14-25(30(33)37)29-24-13-21(31(38)35-12-11-23(32)16-35)9-10-26(24)36(27(29)15-22)18(2)20-7-5-4-6-8-20/h4-10,13-15,18,23H,11-12,16H2,1-3H3,(H2,33,37)/t18?,23-/m0/s1. The van der Waals surface area contributed by atoms with Crippen LogP contribution in [0.2, 0.25) is 0 Å². The highest BCUT2D eigenvalue weighted by atomic mass is 19.1. The lowest BCUT2D eigenvalue weighted by atomic mass is 9.97. The number of alkyl halides is 1. The van der Waals surface area contributed by atoms with E-state index in [-0.39, 0.29) is 18.5 Å². The van der Waals surface area contributed by atoms with Crippen LogP contribution < -0.4 is 5.73 Å². The van der Waals surface area contributed by atoms with E-state index in [2.05, 4.69) is 28.8 Å². The number of hydrogen-bond donors (Lipinski definition) is 1. The fraction of sp³-hybridized carbons (Fsp3) is 0.258. The summed E-state index contributed by atoms with van der Waals surface area (Å²) in [5.41, 5.74) is 11.8. The maximum atomic E-state index is 13.9. The molecule has 1 unspecified atom stereocenters. The van der Waals surface area contributed by atoms with Gasteiger partial charge in [-0.2, -0.15) is 0 Å². The van der Waals surface area contributed by atoms with E-state index < -0.39 is 12.1 Å². The van der Waals surface area contributed by atoms with Crippen LogP contribution in [-0.2, 0) is 0 Å². The average Bonchev–Trinajstić information content (AvgIpc) is 3.62. The number of likely N-dealkylation sites (tertiary alicyclic amines) is 1. The third kappa shape index (κ3) is 4.07. The fourth-order valence-corrected chi connectivity index (χ4v) is 5.93. The van der Waals surface area contributed by atoms with Crippen LogP contribution in [0.4, 0.5) is 4.39 Å². The van der Waals surface area contributed by atoms with Crippen LogP contribution in [0.15, 0.2) is 65.2 Å². The second-order valence-electron chi connectivity index (χ2n) is 10.3. The number of fused-ring (bicyclic) bond motifs is 3. The molecule has 39 heavy (non-hydrogen) atoms. The van der Waals surface area contributed by atoms with Crippen LogP contribution in [0.1, 0.15) is 57.1 Å². The first-order valence-electron chi connectivity index (χ1n) is 13.1. The van der Waals surface area contributed by atoms with E-state index in [1.807, 2.05) is 50.2 Å². The number of halogens is 1. The minimum atomic E-state index is -1.00. The maximum absolute atomic E-state index is 13.9. The maximum Gasteiger partial charge on any atom is 0.253 e. The van der Waals surface area contributed by atoms with E-state index in [1.165, 1.54) is 0 Å². The number of rotatable bonds is 5. The molecule has 0 spiro atoms. The number of hydrogen-bond acceptors (Lipinski definition) is 4. The normalized spacial score (nSPS) is 16.3. The van der Waals surface area contributed by atoms with Crippen LogP contribution >= 0.6 is 0 Å². The first kappa shape index (κ1) is 24.9. The van der Waals surface area contributed by atoms with E-state index in [4.69, 9.17) is 10.3 Å². The number of carbonyl (C=O) groups is 2. The average molecular weight is 525 g/mol. The van der Waals surface area contributed by atoms with E-state index in [0.717, 1.165) is 33.1 Å². The van der Waals surface area contributed by atoms with Crippen molar-refractivity contribution in [1.82, 2.24) is 14.6 Å². The molecule has 8 heteroatoms. The monoisotopic (exact) mass is 524 g/mol. The van der Waals surface area contributed by atoms with Crippen molar-refractivity contribution in [2.24, 2.45) is 5.73 Å². The second-order valence-corrected chi connectivity index (χ2v) is 10.3. The Hall–Kier alpha value is -4.46. The van der Waals surface area contributed by atoms with Gasteiger partial charge in [-0.05, 0) is 68.7 Å². The summed E-state index contributed by atoms with van der Waals surface area (Å²) in [6.45, 7) is 6.28. The minimum Gasteiger partial charge on any atom is -0.366 e. The highest BCUT2D eigenvalue weighted by Crippen LogP contribution is 2.40. The highest BCUT2D eigenvalue weighted by Gasteiger charge is 2.28. The highest BCUT2D eigenvalue weighted by molar-refractivity contribution is 6.20. The van der Waals surface area contributed by atoms with E-state index in [0.29, 0.717) is 40.9 Å². The molecule has 0 aliphatic carbocycles. The van der Waals surface area contributed by atoms with Crippen molar-refractivity contribution in [3.05, 3.63) is 88.8 Å². The zero-order valence-electron chi connectivity index (χ0n) is 22.1. The molecule has 5 aromatic rings. The van der Waals surface area contributed by atoms with Crippen LogP contribution in [-0.4, -0.2) is 45.7 Å². The summed E-state index contributed by atoms with van der Waals surface area (Å²) in [6, 6.07) is 19.3. The molecule has 2 N–H and O–H groups in total. The van der Waals surface area contributed by atoms with Gasteiger partial charge in [0.25, 0.3) is 5.91 Å². The molecule has 1 fully saturated rings. The van der Waals surface area contributed by atoms with Crippen molar-refractivity contribution < 1.29 is 18.5 Å². The summed E-state index contributed by atoms with van der Waals surface area (Å²) >= 11 is 0. The molecule has 198 valence electrons. The Labute approximate surface area is 225 Å². The molecule has 1 aliphatic heterocycles. The Morgan fingerprint density at radius 1 is 1.08 bits per heavy atom. The van der Waals surface area contributed by atoms with Gasteiger partial charge in [0.1, 0.15) is 11.9 Å². The second kappa shape index (κ2) is 9.38. The third-order valence-corrected chi connectivity index (χ3v) is 7.82. The fourth-order valence-electron chi connectivity index (χ4n) is 5.93. The van der Waals surface area contributed by atoms with Gasteiger partial charge in [-0.1, -0.05) is 35.5 Å². The number of aromatic nitrogens is 2. The number of nitrogens with zero attached hydrogens (tertiary/aromatic N) is 3. The largest absolute Gasteiger partial charge is 0.366 e. The van der Waals surface area contributed by atoms with Crippen molar-refractivity contribution in [3.8, 4) is 11.1 Å². The molecule has 6 rings (SSSR count). The number of benzene rings is 3. The van der Waals surface area contributed by atoms with Crippen LogP contribution in [0.25, 0.3) is 32.9 Å². The molecular formula is C31H29FN4O3. The molecule has 3 heterocycles.